The number of carbonyl (C=O) groups is 1. The molecule has 0 fully saturated rings. The molecule has 27 heavy (non-hydrogen) atoms. The first kappa shape index (κ1) is 19.7. The Balaban J connectivity index is 1.81. The topological polar surface area (TPSA) is 44.7 Å². The molecule has 1 heterocycles. The Morgan fingerprint density at radius 2 is 2.04 bits per heavy atom. The van der Waals surface area contributed by atoms with Crippen LogP contribution in [0.1, 0.15) is 54.6 Å². The average molecular weight is 404 g/mol. The zero-order valence-electron chi connectivity index (χ0n) is 15.9. The number of rotatable bonds is 3. The summed E-state index contributed by atoms with van der Waals surface area (Å²) in [4.78, 5) is 14.4. The smallest absolute Gasteiger partial charge is 0.271 e. The zero-order chi connectivity index (χ0) is 19.8. The summed E-state index contributed by atoms with van der Waals surface area (Å²) >= 11 is 12.4. The van der Waals surface area contributed by atoms with Gasteiger partial charge >= 0.3 is 0 Å². The van der Waals surface area contributed by atoms with Crippen molar-refractivity contribution < 1.29 is 4.79 Å². The van der Waals surface area contributed by atoms with E-state index in [1.54, 1.807) is 30.5 Å². The SMILES string of the molecule is CC1CC(C)(C)N(C)c2cc(Cl)c(/C=N\NC(=O)c3cccc(Cl)c3)cc21. The van der Waals surface area contributed by atoms with E-state index in [9.17, 15) is 4.79 Å². The number of benzene rings is 2. The Morgan fingerprint density at radius 1 is 1.30 bits per heavy atom. The molecule has 6 heteroatoms. The Kier molecular flexibility index (Phi) is 5.50. The Labute approximate surface area is 170 Å². The number of amides is 1. The first-order chi connectivity index (χ1) is 12.7. The fourth-order valence-electron chi connectivity index (χ4n) is 3.56. The molecular formula is C21H23Cl2N3O. The van der Waals surface area contributed by atoms with Crippen molar-refractivity contribution in [1.82, 2.24) is 5.43 Å². The van der Waals surface area contributed by atoms with Gasteiger partial charge in [0.2, 0.25) is 0 Å². The second-order valence-corrected chi connectivity index (χ2v) is 8.46. The molecule has 2 aromatic carbocycles. The number of hydrazone groups is 1. The predicted octanol–water partition coefficient (Wildman–Crippen LogP) is 5.48. The van der Waals surface area contributed by atoms with Gasteiger partial charge in [-0.25, -0.2) is 5.43 Å². The molecule has 4 nitrogen and oxygen atoms in total. The maximum Gasteiger partial charge on any atom is 0.271 e. The van der Waals surface area contributed by atoms with Crippen molar-refractivity contribution in [3.8, 4) is 0 Å². The second-order valence-electron chi connectivity index (χ2n) is 7.62. The molecule has 0 saturated carbocycles. The second kappa shape index (κ2) is 7.53. The van der Waals surface area contributed by atoms with Gasteiger partial charge in [0.1, 0.15) is 0 Å². The largest absolute Gasteiger partial charge is 0.369 e. The van der Waals surface area contributed by atoms with E-state index in [1.165, 1.54) is 5.56 Å². The number of hydrogen-bond donors (Lipinski definition) is 1. The van der Waals surface area contributed by atoms with Crippen LogP contribution in [0.5, 0.6) is 0 Å². The summed E-state index contributed by atoms with van der Waals surface area (Å²) in [6, 6.07) is 10.8. The van der Waals surface area contributed by atoms with E-state index >= 15 is 0 Å². The van der Waals surface area contributed by atoms with Crippen LogP contribution >= 0.6 is 23.2 Å². The third-order valence-electron chi connectivity index (χ3n) is 5.21. The normalized spacial score (nSPS) is 18.4. The van der Waals surface area contributed by atoms with Crippen molar-refractivity contribution in [3.05, 3.63) is 63.1 Å². The quantitative estimate of drug-likeness (QED) is 0.544. The Hall–Kier alpha value is -2.04. The van der Waals surface area contributed by atoms with E-state index in [0.29, 0.717) is 21.5 Å². The van der Waals surface area contributed by atoms with Crippen LogP contribution in [0, 0.1) is 0 Å². The molecule has 0 aliphatic carbocycles. The lowest BCUT2D eigenvalue weighted by Gasteiger charge is -2.45. The minimum atomic E-state index is -0.322. The maximum atomic E-state index is 12.1. The summed E-state index contributed by atoms with van der Waals surface area (Å²) in [5, 5.41) is 5.17. The molecular weight excluding hydrogens is 381 g/mol. The Morgan fingerprint density at radius 3 is 2.74 bits per heavy atom. The summed E-state index contributed by atoms with van der Waals surface area (Å²) in [5.41, 5.74) is 6.21. The molecule has 1 amide bonds. The minimum absolute atomic E-state index is 0.0796. The first-order valence-electron chi connectivity index (χ1n) is 8.85. The molecule has 3 rings (SSSR count). The lowest BCUT2D eigenvalue weighted by molar-refractivity contribution is 0.0955. The standard InChI is InChI=1S/C21H23Cl2N3O/c1-13-11-21(2,3)26(4)19-10-18(23)15(9-17(13)19)12-24-25-20(27)14-6-5-7-16(22)8-14/h5-10,12-13H,11H2,1-4H3,(H,25,27)/b24-12-. The first-order valence-corrected chi connectivity index (χ1v) is 9.61. The van der Waals surface area contributed by atoms with Crippen molar-refractivity contribution in [3.63, 3.8) is 0 Å². The molecule has 1 aliphatic heterocycles. The van der Waals surface area contributed by atoms with E-state index in [0.717, 1.165) is 17.7 Å². The number of anilines is 1. The lowest BCUT2D eigenvalue weighted by atomic mass is 9.80. The van der Waals surface area contributed by atoms with E-state index in [-0.39, 0.29) is 11.4 Å². The molecule has 2 aromatic rings. The number of nitrogens with zero attached hydrogens (tertiary/aromatic N) is 2. The number of hydrogen-bond acceptors (Lipinski definition) is 3. The summed E-state index contributed by atoms with van der Waals surface area (Å²) in [5.74, 6) is 0.0920. The summed E-state index contributed by atoms with van der Waals surface area (Å²) in [6.07, 6.45) is 2.64. The van der Waals surface area contributed by atoms with Gasteiger partial charge in [-0.1, -0.05) is 36.2 Å². The van der Waals surface area contributed by atoms with Crippen molar-refractivity contribution in [2.24, 2.45) is 5.10 Å². The molecule has 0 aromatic heterocycles. The van der Waals surface area contributed by atoms with Crippen LogP contribution in [0.3, 0.4) is 0 Å². The predicted molar refractivity (Wildman–Crippen MR) is 113 cm³/mol. The van der Waals surface area contributed by atoms with Gasteiger partial charge in [-0.15, -0.1) is 0 Å². The zero-order valence-corrected chi connectivity index (χ0v) is 17.4. The number of fused-ring (bicyclic) bond motifs is 1. The van der Waals surface area contributed by atoms with Crippen LogP contribution in [0.15, 0.2) is 41.5 Å². The highest BCUT2D eigenvalue weighted by molar-refractivity contribution is 6.33. The molecule has 0 spiro atoms. The molecule has 0 bridgehead atoms. The summed E-state index contributed by atoms with van der Waals surface area (Å²) in [6.45, 7) is 6.70. The van der Waals surface area contributed by atoms with Crippen LogP contribution in [0.2, 0.25) is 10.0 Å². The van der Waals surface area contributed by atoms with E-state index in [1.807, 2.05) is 6.07 Å². The van der Waals surface area contributed by atoms with Gasteiger partial charge in [-0.3, -0.25) is 4.79 Å². The molecule has 0 radical (unpaired) electrons. The van der Waals surface area contributed by atoms with Gasteiger partial charge in [-0.2, -0.15) is 5.10 Å². The van der Waals surface area contributed by atoms with Crippen LogP contribution < -0.4 is 10.3 Å². The fraction of sp³-hybridized carbons (Fsp3) is 0.333. The van der Waals surface area contributed by atoms with Gasteiger partial charge in [0.25, 0.3) is 5.91 Å². The van der Waals surface area contributed by atoms with E-state index in [2.05, 4.69) is 49.3 Å². The highest BCUT2D eigenvalue weighted by Crippen LogP contribution is 2.44. The van der Waals surface area contributed by atoms with E-state index < -0.39 is 0 Å². The van der Waals surface area contributed by atoms with Crippen molar-refractivity contribution in [2.45, 2.75) is 38.6 Å². The molecule has 1 N–H and O–H groups in total. The van der Waals surface area contributed by atoms with Crippen LogP contribution in [0.4, 0.5) is 5.69 Å². The average Bonchev–Trinajstić information content (AvgIpc) is 2.60. The lowest BCUT2D eigenvalue weighted by Crippen LogP contribution is -2.45. The molecule has 142 valence electrons. The van der Waals surface area contributed by atoms with Crippen LogP contribution in [-0.2, 0) is 0 Å². The third-order valence-corrected chi connectivity index (χ3v) is 5.77. The molecule has 0 saturated heterocycles. The number of carbonyl (C=O) groups excluding carboxylic acids is 1. The molecule has 1 unspecified atom stereocenters. The Bertz CT molecular complexity index is 908. The van der Waals surface area contributed by atoms with Gasteiger partial charge < -0.3 is 4.90 Å². The van der Waals surface area contributed by atoms with Crippen LogP contribution in [-0.4, -0.2) is 24.7 Å². The molecule has 1 atom stereocenters. The summed E-state index contributed by atoms with van der Waals surface area (Å²) in [7, 11) is 2.10. The molecule has 1 aliphatic rings. The third kappa shape index (κ3) is 4.12. The minimum Gasteiger partial charge on any atom is -0.369 e. The highest BCUT2D eigenvalue weighted by Gasteiger charge is 2.34. The van der Waals surface area contributed by atoms with Gasteiger partial charge in [-0.05, 0) is 62.1 Å². The van der Waals surface area contributed by atoms with Gasteiger partial charge in [0.05, 0.1) is 11.2 Å². The number of nitrogens with one attached hydrogen (secondary N) is 1. The van der Waals surface area contributed by atoms with Crippen molar-refractivity contribution in [2.75, 3.05) is 11.9 Å². The van der Waals surface area contributed by atoms with Crippen molar-refractivity contribution >= 4 is 41.0 Å². The van der Waals surface area contributed by atoms with Crippen LogP contribution in [0.25, 0.3) is 0 Å². The highest BCUT2D eigenvalue weighted by atomic mass is 35.5. The van der Waals surface area contributed by atoms with Gasteiger partial charge in [0.15, 0.2) is 0 Å². The van der Waals surface area contributed by atoms with E-state index in [4.69, 9.17) is 23.2 Å². The van der Waals surface area contributed by atoms with Crippen molar-refractivity contribution in [1.29, 1.82) is 0 Å². The summed E-state index contributed by atoms with van der Waals surface area (Å²) < 4.78 is 0. The maximum absolute atomic E-state index is 12.1. The number of halogens is 2. The fourth-order valence-corrected chi connectivity index (χ4v) is 3.96. The van der Waals surface area contributed by atoms with Gasteiger partial charge in [0, 0.05) is 34.4 Å². The monoisotopic (exact) mass is 403 g/mol.